The molecule has 2 amide bonds. The summed E-state index contributed by atoms with van der Waals surface area (Å²) in [5.41, 5.74) is 0.521. The summed E-state index contributed by atoms with van der Waals surface area (Å²) in [6.45, 7) is 0. The molecule has 1 aromatic rings. The van der Waals surface area contributed by atoms with E-state index in [4.69, 9.17) is 11.6 Å². The third-order valence-corrected chi connectivity index (χ3v) is 4.88. The number of carbonyl (C=O) groups is 2. The van der Waals surface area contributed by atoms with Gasteiger partial charge in [0.15, 0.2) is 0 Å². The molecule has 1 aliphatic heterocycles. The first kappa shape index (κ1) is 11.2. The zero-order valence-electron chi connectivity index (χ0n) is 10.1. The first-order valence-corrected chi connectivity index (χ1v) is 6.87. The van der Waals surface area contributed by atoms with Crippen molar-refractivity contribution in [3.8, 4) is 0 Å². The van der Waals surface area contributed by atoms with E-state index in [1.54, 1.807) is 24.3 Å². The number of para-hydroxylation sites is 1. The van der Waals surface area contributed by atoms with Crippen LogP contribution in [0.3, 0.4) is 0 Å². The van der Waals surface area contributed by atoms with Crippen molar-refractivity contribution in [3.05, 3.63) is 41.4 Å². The molecule has 0 unspecified atom stereocenters. The molecule has 1 aromatic carbocycles. The van der Waals surface area contributed by atoms with Gasteiger partial charge in [-0.3, -0.25) is 9.59 Å². The van der Waals surface area contributed by atoms with Crippen LogP contribution in [0.2, 0.25) is 5.02 Å². The van der Waals surface area contributed by atoms with Crippen LogP contribution in [0.15, 0.2) is 36.4 Å². The lowest BCUT2D eigenvalue weighted by molar-refractivity contribution is -0.123. The van der Waals surface area contributed by atoms with Crippen LogP contribution < -0.4 is 4.90 Å². The Bertz CT molecular complexity index is 594. The second-order valence-electron chi connectivity index (χ2n) is 5.46. The van der Waals surface area contributed by atoms with E-state index in [1.807, 2.05) is 0 Å². The molecule has 4 rings (SSSR count). The fourth-order valence-corrected chi connectivity index (χ4v) is 3.99. The van der Waals surface area contributed by atoms with Crippen molar-refractivity contribution < 1.29 is 9.59 Å². The fourth-order valence-electron chi connectivity index (χ4n) is 3.77. The van der Waals surface area contributed by atoms with Crippen LogP contribution >= 0.6 is 11.6 Å². The van der Waals surface area contributed by atoms with E-state index in [2.05, 4.69) is 12.2 Å². The Morgan fingerprint density at radius 2 is 1.58 bits per heavy atom. The van der Waals surface area contributed by atoms with Crippen molar-refractivity contribution in [2.75, 3.05) is 4.90 Å². The van der Waals surface area contributed by atoms with Crippen LogP contribution in [0.5, 0.6) is 0 Å². The summed E-state index contributed by atoms with van der Waals surface area (Å²) in [4.78, 5) is 26.4. The minimum atomic E-state index is -0.168. The van der Waals surface area contributed by atoms with Gasteiger partial charge in [-0.2, -0.15) is 0 Å². The van der Waals surface area contributed by atoms with E-state index < -0.39 is 0 Å². The number of hydrogen-bond donors (Lipinski definition) is 0. The molecule has 3 nitrogen and oxygen atoms in total. The van der Waals surface area contributed by atoms with Gasteiger partial charge in [0.1, 0.15) is 0 Å². The maximum absolute atomic E-state index is 12.6. The highest BCUT2D eigenvalue weighted by Crippen LogP contribution is 2.53. The molecule has 0 spiro atoms. The topological polar surface area (TPSA) is 37.4 Å². The number of fused-ring (bicyclic) bond motifs is 5. The number of anilines is 1. The number of nitrogens with zero attached hydrogens (tertiary/aromatic N) is 1. The molecule has 1 saturated carbocycles. The molecule has 96 valence electrons. The number of allylic oxidation sites excluding steroid dienone is 2. The van der Waals surface area contributed by atoms with E-state index in [-0.39, 0.29) is 35.5 Å². The van der Waals surface area contributed by atoms with Crippen LogP contribution in [0.25, 0.3) is 0 Å². The van der Waals surface area contributed by atoms with Crippen LogP contribution in [0, 0.1) is 23.7 Å². The smallest absolute Gasteiger partial charge is 0.238 e. The SMILES string of the molecule is O=C1[C@@H]2[C@H](C(=O)N1c1ccccc1Cl)[C@H]1C=C[C@H]2C1. The Labute approximate surface area is 115 Å². The van der Waals surface area contributed by atoms with Gasteiger partial charge in [-0.05, 0) is 30.4 Å². The summed E-state index contributed by atoms with van der Waals surface area (Å²) in [7, 11) is 0. The van der Waals surface area contributed by atoms with Crippen molar-refractivity contribution in [3.63, 3.8) is 0 Å². The number of amides is 2. The average Bonchev–Trinajstić information content (AvgIpc) is 3.06. The summed E-state index contributed by atoms with van der Waals surface area (Å²) < 4.78 is 0. The van der Waals surface area contributed by atoms with E-state index in [0.717, 1.165) is 6.42 Å². The Morgan fingerprint density at radius 3 is 2.16 bits per heavy atom. The van der Waals surface area contributed by atoms with E-state index >= 15 is 0 Å². The molecule has 2 fully saturated rings. The highest BCUT2D eigenvalue weighted by molar-refractivity contribution is 6.36. The standard InChI is InChI=1S/C15H12ClNO2/c16-10-3-1-2-4-11(10)17-14(18)12-8-5-6-9(7-8)13(12)15(17)19/h1-6,8-9,12-13H,7H2/t8-,9-,12-,13+/m0/s1. The van der Waals surface area contributed by atoms with Gasteiger partial charge in [-0.1, -0.05) is 35.9 Å². The van der Waals surface area contributed by atoms with Crippen molar-refractivity contribution in [2.24, 2.45) is 23.7 Å². The van der Waals surface area contributed by atoms with Gasteiger partial charge in [-0.15, -0.1) is 0 Å². The van der Waals surface area contributed by atoms with Crippen molar-refractivity contribution >= 4 is 29.1 Å². The molecule has 4 atom stereocenters. The second-order valence-corrected chi connectivity index (χ2v) is 5.87. The number of benzene rings is 1. The lowest BCUT2D eigenvalue weighted by Gasteiger charge is -2.18. The molecule has 1 heterocycles. The highest BCUT2D eigenvalue weighted by Gasteiger charge is 2.59. The Hall–Kier alpha value is -1.61. The van der Waals surface area contributed by atoms with Gasteiger partial charge in [0.2, 0.25) is 11.8 Å². The number of carbonyl (C=O) groups excluding carboxylic acids is 2. The van der Waals surface area contributed by atoms with Gasteiger partial charge >= 0.3 is 0 Å². The van der Waals surface area contributed by atoms with Gasteiger partial charge < -0.3 is 0 Å². The Balaban J connectivity index is 1.79. The van der Waals surface area contributed by atoms with E-state index in [0.29, 0.717) is 10.7 Å². The second kappa shape index (κ2) is 3.70. The lowest BCUT2D eigenvalue weighted by atomic mass is 9.85. The number of rotatable bonds is 1. The Morgan fingerprint density at radius 1 is 1.00 bits per heavy atom. The van der Waals surface area contributed by atoms with Gasteiger partial charge in [-0.25, -0.2) is 4.90 Å². The molecular weight excluding hydrogens is 262 g/mol. The summed E-state index contributed by atoms with van der Waals surface area (Å²) in [5.74, 6) is -0.0321. The maximum atomic E-state index is 12.6. The normalized spacial score (nSPS) is 35.3. The van der Waals surface area contributed by atoms with Gasteiger partial charge in [0, 0.05) is 0 Å². The number of halogens is 1. The molecule has 3 aliphatic rings. The fraction of sp³-hybridized carbons (Fsp3) is 0.333. The van der Waals surface area contributed by atoms with Gasteiger partial charge in [0.25, 0.3) is 0 Å². The quantitative estimate of drug-likeness (QED) is 0.583. The molecule has 2 bridgehead atoms. The minimum absolute atomic E-state index is 0.0834. The molecule has 0 radical (unpaired) electrons. The van der Waals surface area contributed by atoms with Crippen LogP contribution in [0.4, 0.5) is 5.69 Å². The number of hydrogen-bond acceptors (Lipinski definition) is 2. The first-order valence-electron chi connectivity index (χ1n) is 6.49. The van der Waals surface area contributed by atoms with Crippen molar-refractivity contribution in [2.45, 2.75) is 6.42 Å². The molecule has 2 aliphatic carbocycles. The molecule has 0 N–H and O–H groups in total. The van der Waals surface area contributed by atoms with Gasteiger partial charge in [0.05, 0.1) is 22.5 Å². The van der Waals surface area contributed by atoms with Crippen LogP contribution in [0.1, 0.15) is 6.42 Å². The molecule has 0 aromatic heterocycles. The van der Waals surface area contributed by atoms with E-state index in [9.17, 15) is 9.59 Å². The first-order chi connectivity index (χ1) is 9.18. The van der Waals surface area contributed by atoms with Crippen molar-refractivity contribution in [1.29, 1.82) is 0 Å². The van der Waals surface area contributed by atoms with Crippen molar-refractivity contribution in [1.82, 2.24) is 0 Å². The molecular formula is C15H12ClNO2. The highest BCUT2D eigenvalue weighted by atomic mass is 35.5. The third kappa shape index (κ3) is 1.34. The largest absolute Gasteiger partial charge is 0.274 e. The summed E-state index contributed by atoms with van der Waals surface area (Å²) in [6.07, 6.45) is 5.13. The zero-order valence-corrected chi connectivity index (χ0v) is 10.9. The lowest BCUT2D eigenvalue weighted by Crippen LogP contribution is -2.33. The summed E-state index contributed by atoms with van der Waals surface area (Å²) in [6, 6.07) is 7.03. The Kier molecular flexibility index (Phi) is 2.19. The third-order valence-electron chi connectivity index (χ3n) is 4.56. The maximum Gasteiger partial charge on any atom is 0.238 e. The summed E-state index contributed by atoms with van der Waals surface area (Å²) in [5, 5.41) is 0.449. The molecule has 1 saturated heterocycles. The minimum Gasteiger partial charge on any atom is -0.274 e. The molecule has 19 heavy (non-hydrogen) atoms. The molecule has 4 heteroatoms. The number of imide groups is 1. The predicted octanol–water partition coefficient (Wildman–Crippen LogP) is 2.65. The zero-order chi connectivity index (χ0) is 13.1. The van der Waals surface area contributed by atoms with E-state index in [1.165, 1.54) is 4.90 Å². The summed E-state index contributed by atoms with van der Waals surface area (Å²) >= 11 is 6.12. The van der Waals surface area contributed by atoms with Crippen LogP contribution in [-0.4, -0.2) is 11.8 Å². The van der Waals surface area contributed by atoms with Crippen LogP contribution in [-0.2, 0) is 9.59 Å². The average molecular weight is 274 g/mol. The predicted molar refractivity (Wildman–Crippen MR) is 71.7 cm³/mol. The monoisotopic (exact) mass is 273 g/mol.